The number of halogens is 2. The Kier molecular flexibility index (Phi) is 2.98. The standard InChI is InChI=1S/C11H10Br2N2/c1-7-10(13)11(15(2)14-7)8-4-3-5-9(12)6-8/h3-6H,1-2H3. The van der Waals surface area contributed by atoms with Crippen molar-refractivity contribution < 1.29 is 0 Å². The second-order valence-electron chi connectivity index (χ2n) is 3.38. The van der Waals surface area contributed by atoms with E-state index >= 15 is 0 Å². The molecule has 15 heavy (non-hydrogen) atoms. The molecular formula is C11H10Br2N2. The predicted octanol–water partition coefficient (Wildman–Crippen LogP) is 3.92. The van der Waals surface area contributed by atoms with Gasteiger partial charge in [-0.2, -0.15) is 5.10 Å². The van der Waals surface area contributed by atoms with Gasteiger partial charge in [0.15, 0.2) is 0 Å². The monoisotopic (exact) mass is 328 g/mol. The van der Waals surface area contributed by atoms with Crippen LogP contribution in [0.15, 0.2) is 33.2 Å². The maximum absolute atomic E-state index is 4.37. The highest BCUT2D eigenvalue weighted by molar-refractivity contribution is 9.11. The van der Waals surface area contributed by atoms with Gasteiger partial charge in [0.05, 0.1) is 15.9 Å². The largest absolute Gasteiger partial charge is 0.266 e. The first-order valence-corrected chi connectivity index (χ1v) is 6.13. The molecule has 1 heterocycles. The maximum Gasteiger partial charge on any atom is 0.0824 e. The summed E-state index contributed by atoms with van der Waals surface area (Å²) >= 11 is 7.03. The molecule has 4 heteroatoms. The average Bonchev–Trinajstić information content (AvgIpc) is 2.41. The summed E-state index contributed by atoms with van der Waals surface area (Å²) in [5, 5.41) is 4.37. The van der Waals surface area contributed by atoms with Gasteiger partial charge in [0.1, 0.15) is 0 Å². The Morgan fingerprint density at radius 1 is 1.27 bits per heavy atom. The van der Waals surface area contributed by atoms with Gasteiger partial charge in [-0.05, 0) is 35.0 Å². The van der Waals surface area contributed by atoms with E-state index in [1.165, 1.54) is 0 Å². The predicted molar refractivity (Wildman–Crippen MR) is 68.8 cm³/mol. The van der Waals surface area contributed by atoms with E-state index in [4.69, 9.17) is 0 Å². The van der Waals surface area contributed by atoms with Crippen LogP contribution >= 0.6 is 31.9 Å². The Bertz CT molecular complexity index is 503. The molecule has 0 radical (unpaired) electrons. The van der Waals surface area contributed by atoms with E-state index in [2.05, 4.69) is 49.1 Å². The maximum atomic E-state index is 4.37. The summed E-state index contributed by atoms with van der Waals surface area (Å²) in [6.45, 7) is 1.99. The highest BCUT2D eigenvalue weighted by atomic mass is 79.9. The zero-order chi connectivity index (χ0) is 11.0. The molecule has 0 saturated carbocycles. The Morgan fingerprint density at radius 3 is 2.53 bits per heavy atom. The summed E-state index contributed by atoms with van der Waals surface area (Å²) in [5.74, 6) is 0. The van der Waals surface area contributed by atoms with Crippen LogP contribution in [0.3, 0.4) is 0 Å². The smallest absolute Gasteiger partial charge is 0.0824 e. The molecule has 2 aromatic rings. The van der Waals surface area contributed by atoms with Crippen LogP contribution in [-0.2, 0) is 7.05 Å². The van der Waals surface area contributed by atoms with Gasteiger partial charge in [-0.15, -0.1) is 0 Å². The number of aryl methyl sites for hydroxylation is 2. The summed E-state index contributed by atoms with van der Waals surface area (Å²) in [7, 11) is 1.95. The molecule has 78 valence electrons. The highest BCUT2D eigenvalue weighted by Crippen LogP contribution is 2.31. The fraction of sp³-hybridized carbons (Fsp3) is 0.182. The van der Waals surface area contributed by atoms with Gasteiger partial charge < -0.3 is 0 Å². The van der Waals surface area contributed by atoms with Crippen LogP contribution in [0.4, 0.5) is 0 Å². The minimum absolute atomic E-state index is 1.01. The van der Waals surface area contributed by atoms with Crippen molar-refractivity contribution in [2.45, 2.75) is 6.92 Å². The molecule has 0 atom stereocenters. The fourth-order valence-electron chi connectivity index (χ4n) is 1.58. The van der Waals surface area contributed by atoms with Crippen LogP contribution in [0.2, 0.25) is 0 Å². The lowest BCUT2D eigenvalue weighted by Gasteiger charge is -2.03. The zero-order valence-corrected chi connectivity index (χ0v) is 11.6. The van der Waals surface area contributed by atoms with Gasteiger partial charge in [0, 0.05) is 17.1 Å². The first-order valence-electron chi connectivity index (χ1n) is 4.54. The van der Waals surface area contributed by atoms with Crippen molar-refractivity contribution >= 4 is 31.9 Å². The van der Waals surface area contributed by atoms with E-state index in [1.807, 2.05) is 30.8 Å². The number of benzene rings is 1. The van der Waals surface area contributed by atoms with E-state index in [9.17, 15) is 0 Å². The van der Waals surface area contributed by atoms with E-state index in [0.29, 0.717) is 0 Å². The van der Waals surface area contributed by atoms with Crippen molar-refractivity contribution in [1.82, 2.24) is 9.78 Å². The minimum Gasteiger partial charge on any atom is -0.266 e. The second-order valence-corrected chi connectivity index (χ2v) is 5.09. The third kappa shape index (κ3) is 2.01. The molecule has 0 spiro atoms. The number of aromatic nitrogens is 2. The fourth-order valence-corrected chi connectivity index (χ4v) is 2.55. The Balaban J connectivity index is 2.63. The number of hydrogen-bond acceptors (Lipinski definition) is 1. The molecule has 0 aliphatic rings. The van der Waals surface area contributed by atoms with Gasteiger partial charge >= 0.3 is 0 Å². The molecule has 0 bridgehead atoms. The summed E-state index contributed by atoms with van der Waals surface area (Å²) in [6, 6.07) is 8.20. The third-order valence-corrected chi connectivity index (χ3v) is 3.69. The van der Waals surface area contributed by atoms with Crippen LogP contribution in [0, 0.1) is 6.92 Å². The summed E-state index contributed by atoms with van der Waals surface area (Å²) in [5.41, 5.74) is 3.26. The molecule has 0 unspecified atom stereocenters. The molecule has 1 aromatic heterocycles. The van der Waals surface area contributed by atoms with Crippen LogP contribution in [-0.4, -0.2) is 9.78 Å². The summed E-state index contributed by atoms with van der Waals surface area (Å²) in [6.07, 6.45) is 0. The number of hydrogen-bond donors (Lipinski definition) is 0. The van der Waals surface area contributed by atoms with Crippen molar-refractivity contribution in [1.29, 1.82) is 0 Å². The lowest BCUT2D eigenvalue weighted by Crippen LogP contribution is -1.93. The normalized spacial score (nSPS) is 10.7. The lowest BCUT2D eigenvalue weighted by atomic mass is 10.1. The average molecular weight is 330 g/mol. The van der Waals surface area contributed by atoms with E-state index in [1.54, 1.807) is 0 Å². The molecule has 2 rings (SSSR count). The summed E-state index contributed by atoms with van der Waals surface area (Å²) < 4.78 is 4.02. The van der Waals surface area contributed by atoms with Crippen molar-refractivity contribution in [3.05, 3.63) is 38.9 Å². The van der Waals surface area contributed by atoms with Crippen LogP contribution in [0.25, 0.3) is 11.3 Å². The zero-order valence-electron chi connectivity index (χ0n) is 8.46. The molecule has 0 aliphatic carbocycles. The van der Waals surface area contributed by atoms with Gasteiger partial charge in [0.2, 0.25) is 0 Å². The molecule has 1 aromatic carbocycles. The van der Waals surface area contributed by atoms with Crippen LogP contribution in [0.1, 0.15) is 5.69 Å². The quantitative estimate of drug-likeness (QED) is 0.775. The van der Waals surface area contributed by atoms with Crippen molar-refractivity contribution in [3.63, 3.8) is 0 Å². The van der Waals surface area contributed by atoms with Gasteiger partial charge in [-0.1, -0.05) is 28.1 Å². The molecule has 2 nitrogen and oxygen atoms in total. The third-order valence-electron chi connectivity index (χ3n) is 2.25. The first kappa shape index (κ1) is 10.9. The second kappa shape index (κ2) is 4.10. The SMILES string of the molecule is Cc1nn(C)c(-c2cccc(Br)c2)c1Br. The first-order chi connectivity index (χ1) is 7.09. The highest BCUT2D eigenvalue weighted by Gasteiger charge is 2.12. The van der Waals surface area contributed by atoms with Crippen LogP contribution < -0.4 is 0 Å². The van der Waals surface area contributed by atoms with Gasteiger partial charge in [0.25, 0.3) is 0 Å². The minimum atomic E-state index is 1.01. The molecule has 0 saturated heterocycles. The summed E-state index contributed by atoms with van der Waals surface area (Å²) in [4.78, 5) is 0. The van der Waals surface area contributed by atoms with E-state index < -0.39 is 0 Å². The van der Waals surface area contributed by atoms with Gasteiger partial charge in [-0.25, -0.2) is 0 Å². The number of rotatable bonds is 1. The molecule has 0 N–H and O–H groups in total. The molecule has 0 fully saturated rings. The Morgan fingerprint density at radius 2 is 2.00 bits per heavy atom. The lowest BCUT2D eigenvalue weighted by molar-refractivity contribution is 0.764. The van der Waals surface area contributed by atoms with E-state index in [0.717, 1.165) is 25.9 Å². The van der Waals surface area contributed by atoms with Crippen molar-refractivity contribution in [2.75, 3.05) is 0 Å². The molecule has 0 aliphatic heterocycles. The van der Waals surface area contributed by atoms with Gasteiger partial charge in [-0.3, -0.25) is 4.68 Å². The van der Waals surface area contributed by atoms with Crippen molar-refractivity contribution in [3.8, 4) is 11.3 Å². The Labute approximate surface area is 106 Å². The molecular weight excluding hydrogens is 320 g/mol. The number of nitrogens with zero attached hydrogens (tertiary/aromatic N) is 2. The topological polar surface area (TPSA) is 17.8 Å². The Hall–Kier alpha value is -0.610. The van der Waals surface area contributed by atoms with E-state index in [-0.39, 0.29) is 0 Å². The van der Waals surface area contributed by atoms with Crippen molar-refractivity contribution in [2.24, 2.45) is 7.05 Å². The molecule has 0 amide bonds. The van der Waals surface area contributed by atoms with Crippen LogP contribution in [0.5, 0.6) is 0 Å².